The smallest absolute Gasteiger partial charge is 0.271 e. The maximum absolute atomic E-state index is 12.0. The molecular weight excluding hydrogens is 332 g/mol. The highest BCUT2D eigenvalue weighted by Gasteiger charge is 2.21. The lowest BCUT2D eigenvalue weighted by atomic mass is 10.1. The summed E-state index contributed by atoms with van der Waals surface area (Å²) in [5.74, 6) is -0.318. The van der Waals surface area contributed by atoms with Gasteiger partial charge in [-0.2, -0.15) is 5.10 Å². The number of aromatic nitrogens is 2. The first kappa shape index (κ1) is 18.3. The van der Waals surface area contributed by atoms with Gasteiger partial charge in [-0.05, 0) is 31.0 Å². The molecule has 0 unspecified atom stereocenters. The van der Waals surface area contributed by atoms with Crippen LogP contribution in [0.3, 0.4) is 0 Å². The standard InChI is InChI=1S/C19H24N4O3/c1-13-10-23(11-14(2)26-13)12-16-5-3-15(4-6-16)9-20-19(25)17-7-8-18(24)22-21-17/h3-8,13-14H,9-12H2,1-2H3,(H,20,25)(H,22,24)/t13-,14-/m0/s1. The Kier molecular flexibility index (Phi) is 5.80. The Bertz CT molecular complexity index is 773. The van der Waals surface area contributed by atoms with E-state index in [1.165, 1.54) is 17.7 Å². The zero-order chi connectivity index (χ0) is 18.5. The molecular formula is C19H24N4O3. The summed E-state index contributed by atoms with van der Waals surface area (Å²) in [6, 6.07) is 10.9. The maximum atomic E-state index is 12.0. The molecule has 1 aliphatic rings. The fourth-order valence-corrected chi connectivity index (χ4v) is 3.18. The van der Waals surface area contributed by atoms with Crippen molar-refractivity contribution in [3.8, 4) is 0 Å². The lowest BCUT2D eigenvalue weighted by Crippen LogP contribution is -2.44. The predicted molar refractivity (Wildman–Crippen MR) is 97.8 cm³/mol. The van der Waals surface area contributed by atoms with Crippen LogP contribution in [0.25, 0.3) is 0 Å². The number of benzene rings is 1. The van der Waals surface area contributed by atoms with Gasteiger partial charge >= 0.3 is 0 Å². The Hall–Kier alpha value is -2.51. The van der Waals surface area contributed by atoms with E-state index in [4.69, 9.17) is 4.74 Å². The van der Waals surface area contributed by atoms with Crippen LogP contribution in [0, 0.1) is 0 Å². The molecule has 0 radical (unpaired) electrons. The lowest BCUT2D eigenvalue weighted by Gasteiger charge is -2.35. The van der Waals surface area contributed by atoms with E-state index >= 15 is 0 Å². The number of ether oxygens (including phenoxy) is 1. The van der Waals surface area contributed by atoms with Crippen molar-refractivity contribution in [1.29, 1.82) is 0 Å². The average Bonchev–Trinajstić information content (AvgIpc) is 2.60. The number of hydrogen-bond acceptors (Lipinski definition) is 5. The van der Waals surface area contributed by atoms with Gasteiger partial charge in [0.25, 0.3) is 11.5 Å². The van der Waals surface area contributed by atoms with Crippen molar-refractivity contribution in [2.45, 2.75) is 39.1 Å². The van der Waals surface area contributed by atoms with Gasteiger partial charge in [0.2, 0.25) is 0 Å². The number of rotatable bonds is 5. The molecule has 0 spiro atoms. The normalized spacial score (nSPS) is 20.7. The molecule has 7 nitrogen and oxygen atoms in total. The summed E-state index contributed by atoms with van der Waals surface area (Å²) in [5, 5.41) is 8.76. The molecule has 0 aliphatic carbocycles. The SMILES string of the molecule is C[C@H]1CN(Cc2ccc(CNC(=O)c3ccc(=O)[nH]n3)cc2)C[C@H](C)O1. The highest BCUT2D eigenvalue weighted by Crippen LogP contribution is 2.14. The van der Waals surface area contributed by atoms with E-state index in [1.54, 1.807) is 0 Å². The number of nitrogens with zero attached hydrogens (tertiary/aromatic N) is 2. The third kappa shape index (κ3) is 5.00. The van der Waals surface area contributed by atoms with Crippen molar-refractivity contribution in [3.63, 3.8) is 0 Å². The number of nitrogens with one attached hydrogen (secondary N) is 2. The molecule has 2 atom stereocenters. The highest BCUT2D eigenvalue weighted by atomic mass is 16.5. The van der Waals surface area contributed by atoms with Crippen LogP contribution in [0.1, 0.15) is 35.5 Å². The van der Waals surface area contributed by atoms with E-state index in [-0.39, 0.29) is 29.4 Å². The van der Waals surface area contributed by atoms with E-state index in [1.807, 2.05) is 12.1 Å². The Labute approximate surface area is 152 Å². The maximum Gasteiger partial charge on any atom is 0.271 e. The van der Waals surface area contributed by atoms with Gasteiger partial charge in [0.15, 0.2) is 0 Å². The molecule has 2 N–H and O–H groups in total. The molecule has 138 valence electrons. The topological polar surface area (TPSA) is 87.3 Å². The van der Waals surface area contributed by atoms with Crippen LogP contribution >= 0.6 is 0 Å². The number of aromatic amines is 1. The molecule has 2 heterocycles. The van der Waals surface area contributed by atoms with Crippen LogP contribution in [0.4, 0.5) is 0 Å². The van der Waals surface area contributed by atoms with Crippen LogP contribution in [0.2, 0.25) is 0 Å². The van der Waals surface area contributed by atoms with Crippen molar-refractivity contribution in [1.82, 2.24) is 20.4 Å². The molecule has 7 heteroatoms. The van der Waals surface area contributed by atoms with Crippen LogP contribution in [-0.2, 0) is 17.8 Å². The van der Waals surface area contributed by atoms with E-state index in [0.29, 0.717) is 6.54 Å². The van der Waals surface area contributed by atoms with Crippen LogP contribution in [-0.4, -0.2) is 46.3 Å². The zero-order valence-corrected chi connectivity index (χ0v) is 15.1. The van der Waals surface area contributed by atoms with Crippen molar-refractivity contribution < 1.29 is 9.53 Å². The van der Waals surface area contributed by atoms with Gasteiger partial charge in [0, 0.05) is 32.2 Å². The molecule has 0 bridgehead atoms. The summed E-state index contributed by atoms with van der Waals surface area (Å²) in [5.41, 5.74) is 2.11. The largest absolute Gasteiger partial charge is 0.373 e. The van der Waals surface area contributed by atoms with E-state index < -0.39 is 0 Å². The minimum absolute atomic E-state index is 0.191. The highest BCUT2D eigenvalue weighted by molar-refractivity contribution is 5.91. The molecule has 26 heavy (non-hydrogen) atoms. The predicted octanol–water partition coefficient (Wildman–Crippen LogP) is 1.31. The molecule has 1 saturated heterocycles. The van der Waals surface area contributed by atoms with Crippen molar-refractivity contribution in [3.05, 3.63) is 63.6 Å². The average molecular weight is 356 g/mol. The van der Waals surface area contributed by atoms with Crippen LogP contribution in [0.15, 0.2) is 41.2 Å². The Morgan fingerprint density at radius 2 is 1.81 bits per heavy atom. The number of carbonyl (C=O) groups is 1. The Balaban J connectivity index is 1.52. The molecule has 1 fully saturated rings. The first-order chi connectivity index (χ1) is 12.5. The van der Waals surface area contributed by atoms with E-state index in [2.05, 4.69) is 46.4 Å². The Morgan fingerprint density at radius 3 is 2.42 bits per heavy atom. The summed E-state index contributed by atoms with van der Waals surface area (Å²) in [4.78, 5) is 25.4. The summed E-state index contributed by atoms with van der Waals surface area (Å²) < 4.78 is 5.76. The molecule has 1 aromatic carbocycles. The molecule has 1 aliphatic heterocycles. The summed E-state index contributed by atoms with van der Waals surface area (Å²) in [6.45, 7) is 7.39. The monoisotopic (exact) mass is 356 g/mol. The third-order valence-electron chi connectivity index (χ3n) is 4.29. The lowest BCUT2D eigenvalue weighted by molar-refractivity contribution is -0.0704. The fraction of sp³-hybridized carbons (Fsp3) is 0.421. The summed E-state index contributed by atoms with van der Waals surface area (Å²) in [6.07, 6.45) is 0.518. The van der Waals surface area contributed by atoms with Gasteiger partial charge < -0.3 is 10.1 Å². The van der Waals surface area contributed by atoms with Gasteiger partial charge in [-0.1, -0.05) is 24.3 Å². The number of morpholine rings is 1. The summed E-state index contributed by atoms with van der Waals surface area (Å²) in [7, 11) is 0. The number of amides is 1. The quantitative estimate of drug-likeness (QED) is 0.843. The van der Waals surface area contributed by atoms with Crippen molar-refractivity contribution in [2.24, 2.45) is 0 Å². The first-order valence-corrected chi connectivity index (χ1v) is 8.79. The van der Waals surface area contributed by atoms with Crippen molar-refractivity contribution in [2.75, 3.05) is 13.1 Å². The molecule has 1 aromatic heterocycles. The first-order valence-electron chi connectivity index (χ1n) is 8.79. The number of carbonyl (C=O) groups excluding carboxylic acids is 1. The van der Waals surface area contributed by atoms with Gasteiger partial charge in [0.1, 0.15) is 5.69 Å². The molecule has 3 rings (SSSR count). The second kappa shape index (κ2) is 8.25. The minimum Gasteiger partial charge on any atom is -0.373 e. The van der Waals surface area contributed by atoms with E-state index in [9.17, 15) is 9.59 Å². The van der Waals surface area contributed by atoms with Crippen molar-refractivity contribution >= 4 is 5.91 Å². The van der Waals surface area contributed by atoms with Gasteiger partial charge in [-0.3, -0.25) is 14.5 Å². The van der Waals surface area contributed by atoms with Crippen LogP contribution in [0.5, 0.6) is 0 Å². The molecule has 1 amide bonds. The van der Waals surface area contributed by atoms with Gasteiger partial charge in [-0.25, -0.2) is 5.10 Å². The van der Waals surface area contributed by atoms with Gasteiger partial charge in [-0.15, -0.1) is 0 Å². The second-order valence-corrected chi connectivity index (χ2v) is 6.76. The molecule has 2 aromatic rings. The second-order valence-electron chi connectivity index (χ2n) is 6.76. The Morgan fingerprint density at radius 1 is 1.15 bits per heavy atom. The summed E-state index contributed by atoms with van der Waals surface area (Å²) >= 11 is 0. The van der Waals surface area contributed by atoms with Crippen LogP contribution < -0.4 is 10.9 Å². The fourth-order valence-electron chi connectivity index (χ4n) is 3.18. The zero-order valence-electron chi connectivity index (χ0n) is 15.1. The molecule has 0 saturated carbocycles. The van der Waals surface area contributed by atoms with E-state index in [0.717, 1.165) is 25.2 Å². The minimum atomic E-state index is -0.332. The number of hydrogen-bond donors (Lipinski definition) is 2. The third-order valence-corrected chi connectivity index (χ3v) is 4.29. The number of H-pyrrole nitrogens is 1. The van der Waals surface area contributed by atoms with Gasteiger partial charge in [0.05, 0.1) is 12.2 Å².